The summed E-state index contributed by atoms with van der Waals surface area (Å²) in [6.07, 6.45) is 0.909. The van der Waals surface area contributed by atoms with Gasteiger partial charge in [-0.25, -0.2) is 0 Å². The highest BCUT2D eigenvalue weighted by atomic mass is 16.5. The number of benzene rings is 1. The van der Waals surface area contributed by atoms with Gasteiger partial charge in [-0.2, -0.15) is 0 Å². The Labute approximate surface area is 103 Å². The molecule has 1 fully saturated rings. The van der Waals surface area contributed by atoms with E-state index in [-0.39, 0.29) is 11.5 Å². The molecular formula is C14H21NO2. The monoisotopic (exact) mass is 235 g/mol. The van der Waals surface area contributed by atoms with Gasteiger partial charge in [-0.3, -0.25) is 0 Å². The first-order chi connectivity index (χ1) is 8.07. The smallest absolute Gasteiger partial charge is 0.119 e. The second-order valence-corrected chi connectivity index (χ2v) is 5.42. The van der Waals surface area contributed by atoms with E-state index < -0.39 is 0 Å². The molecular weight excluding hydrogens is 214 g/mol. The van der Waals surface area contributed by atoms with Gasteiger partial charge in [-0.15, -0.1) is 0 Å². The maximum absolute atomic E-state index is 5.76. The summed E-state index contributed by atoms with van der Waals surface area (Å²) in [7, 11) is 0. The lowest BCUT2D eigenvalue weighted by atomic mass is 9.90. The third-order valence-electron chi connectivity index (χ3n) is 2.97. The molecule has 2 rings (SSSR count). The molecule has 0 aromatic heterocycles. The molecule has 1 saturated heterocycles. The third-order valence-corrected chi connectivity index (χ3v) is 2.97. The van der Waals surface area contributed by atoms with Crippen molar-refractivity contribution in [2.45, 2.75) is 26.3 Å². The molecule has 17 heavy (non-hydrogen) atoms. The maximum Gasteiger partial charge on any atom is 0.119 e. The van der Waals surface area contributed by atoms with Crippen LogP contribution in [0.1, 0.15) is 19.4 Å². The Morgan fingerprint density at radius 1 is 1.35 bits per heavy atom. The minimum absolute atomic E-state index is 0.199. The van der Waals surface area contributed by atoms with Gasteiger partial charge in [0.15, 0.2) is 0 Å². The van der Waals surface area contributed by atoms with Crippen LogP contribution in [0.4, 0.5) is 0 Å². The predicted molar refractivity (Wildman–Crippen MR) is 68.2 cm³/mol. The summed E-state index contributed by atoms with van der Waals surface area (Å²) in [6, 6.07) is 8.39. The minimum atomic E-state index is 0.199. The van der Waals surface area contributed by atoms with Crippen LogP contribution in [-0.4, -0.2) is 25.9 Å². The molecule has 1 unspecified atom stereocenters. The van der Waals surface area contributed by atoms with Crippen LogP contribution in [-0.2, 0) is 11.2 Å². The van der Waals surface area contributed by atoms with Crippen LogP contribution in [0.2, 0.25) is 0 Å². The predicted octanol–water partition coefficient (Wildman–Crippen LogP) is 1.99. The van der Waals surface area contributed by atoms with Gasteiger partial charge in [0, 0.05) is 11.5 Å². The molecule has 1 aromatic rings. The zero-order valence-electron chi connectivity index (χ0n) is 10.6. The van der Waals surface area contributed by atoms with E-state index in [2.05, 4.69) is 19.1 Å². The number of hydrogen-bond acceptors (Lipinski definition) is 3. The van der Waals surface area contributed by atoms with Crippen molar-refractivity contribution in [3.05, 3.63) is 29.8 Å². The van der Waals surface area contributed by atoms with E-state index in [0.717, 1.165) is 32.0 Å². The van der Waals surface area contributed by atoms with Gasteiger partial charge in [0.05, 0.1) is 19.8 Å². The first-order valence-electron chi connectivity index (χ1n) is 6.12. The summed E-state index contributed by atoms with van der Waals surface area (Å²) >= 11 is 0. The molecule has 1 aromatic carbocycles. The quantitative estimate of drug-likeness (QED) is 0.849. The summed E-state index contributed by atoms with van der Waals surface area (Å²) in [5.41, 5.74) is 7.21. The van der Waals surface area contributed by atoms with Crippen LogP contribution in [0.5, 0.6) is 5.75 Å². The normalized spacial score (nSPS) is 19.5. The fraction of sp³-hybridized carbons (Fsp3) is 0.571. The topological polar surface area (TPSA) is 44.5 Å². The van der Waals surface area contributed by atoms with E-state index in [9.17, 15) is 0 Å². The Kier molecular flexibility index (Phi) is 3.69. The van der Waals surface area contributed by atoms with E-state index in [4.69, 9.17) is 15.2 Å². The molecule has 1 heterocycles. The van der Waals surface area contributed by atoms with Gasteiger partial charge in [-0.1, -0.05) is 19.1 Å². The summed E-state index contributed by atoms with van der Waals surface area (Å²) in [5, 5.41) is 0. The molecule has 94 valence electrons. The van der Waals surface area contributed by atoms with Crippen molar-refractivity contribution < 1.29 is 9.47 Å². The number of nitrogens with two attached hydrogens (primary N) is 1. The van der Waals surface area contributed by atoms with Crippen molar-refractivity contribution >= 4 is 0 Å². The van der Waals surface area contributed by atoms with Gasteiger partial charge in [-0.05, 0) is 31.0 Å². The van der Waals surface area contributed by atoms with Crippen LogP contribution in [0.25, 0.3) is 0 Å². The molecule has 0 amide bonds. The molecule has 0 spiro atoms. The maximum atomic E-state index is 5.76. The molecule has 1 aliphatic rings. The average Bonchev–Trinajstić information content (AvgIpc) is 2.25. The van der Waals surface area contributed by atoms with E-state index in [1.54, 1.807) is 0 Å². The van der Waals surface area contributed by atoms with E-state index in [1.807, 2.05) is 19.1 Å². The molecule has 3 nitrogen and oxygen atoms in total. The molecule has 1 aliphatic heterocycles. The van der Waals surface area contributed by atoms with E-state index in [0.29, 0.717) is 0 Å². The molecule has 0 aliphatic carbocycles. The number of ether oxygens (including phenoxy) is 2. The van der Waals surface area contributed by atoms with Crippen molar-refractivity contribution in [2.75, 3.05) is 19.8 Å². The number of rotatable bonds is 5. The van der Waals surface area contributed by atoms with Crippen molar-refractivity contribution in [1.82, 2.24) is 0 Å². The fourth-order valence-corrected chi connectivity index (χ4v) is 1.88. The van der Waals surface area contributed by atoms with Crippen LogP contribution in [0.15, 0.2) is 24.3 Å². The summed E-state index contributed by atoms with van der Waals surface area (Å²) in [6.45, 7) is 6.52. The third kappa shape index (κ3) is 3.45. The standard InChI is InChI=1S/C14H21NO2/c1-11(15)7-12-3-5-13(6-4-12)17-10-14(2)8-16-9-14/h3-6,11H,7-10,15H2,1-2H3. The van der Waals surface area contributed by atoms with E-state index >= 15 is 0 Å². The van der Waals surface area contributed by atoms with Gasteiger partial charge >= 0.3 is 0 Å². The zero-order valence-corrected chi connectivity index (χ0v) is 10.6. The highest BCUT2D eigenvalue weighted by Crippen LogP contribution is 2.27. The highest BCUT2D eigenvalue weighted by molar-refractivity contribution is 5.27. The Morgan fingerprint density at radius 3 is 2.47 bits per heavy atom. The molecule has 2 N–H and O–H groups in total. The fourth-order valence-electron chi connectivity index (χ4n) is 1.88. The Morgan fingerprint density at radius 2 is 2.00 bits per heavy atom. The van der Waals surface area contributed by atoms with Crippen LogP contribution in [0.3, 0.4) is 0 Å². The lowest BCUT2D eigenvalue weighted by Gasteiger charge is -2.37. The zero-order chi connectivity index (χ0) is 12.3. The van der Waals surface area contributed by atoms with Crippen molar-refractivity contribution in [3.63, 3.8) is 0 Å². The van der Waals surface area contributed by atoms with Gasteiger partial charge in [0.25, 0.3) is 0 Å². The summed E-state index contributed by atoms with van der Waals surface area (Å²) < 4.78 is 11.0. The molecule has 1 atom stereocenters. The highest BCUT2D eigenvalue weighted by Gasteiger charge is 2.34. The van der Waals surface area contributed by atoms with Crippen LogP contribution in [0, 0.1) is 5.41 Å². The number of hydrogen-bond donors (Lipinski definition) is 1. The van der Waals surface area contributed by atoms with Crippen molar-refractivity contribution in [1.29, 1.82) is 0 Å². The van der Waals surface area contributed by atoms with Crippen LogP contribution < -0.4 is 10.5 Å². The summed E-state index contributed by atoms with van der Waals surface area (Å²) in [5.74, 6) is 0.923. The second-order valence-electron chi connectivity index (χ2n) is 5.42. The van der Waals surface area contributed by atoms with Gasteiger partial charge < -0.3 is 15.2 Å². The Balaban J connectivity index is 1.85. The summed E-state index contributed by atoms with van der Waals surface area (Å²) in [4.78, 5) is 0. The first-order valence-corrected chi connectivity index (χ1v) is 6.12. The SMILES string of the molecule is CC(N)Cc1ccc(OCC2(C)COC2)cc1. The largest absolute Gasteiger partial charge is 0.493 e. The second kappa shape index (κ2) is 5.07. The lowest BCUT2D eigenvalue weighted by molar-refractivity contribution is -0.120. The molecule has 0 saturated carbocycles. The van der Waals surface area contributed by atoms with Gasteiger partial charge in [0.2, 0.25) is 0 Å². The molecule has 3 heteroatoms. The molecule has 0 radical (unpaired) electrons. The lowest BCUT2D eigenvalue weighted by Crippen LogP contribution is -2.44. The van der Waals surface area contributed by atoms with E-state index in [1.165, 1.54) is 5.56 Å². The van der Waals surface area contributed by atoms with Crippen LogP contribution >= 0.6 is 0 Å². The van der Waals surface area contributed by atoms with Crippen molar-refractivity contribution in [3.8, 4) is 5.75 Å². The first kappa shape index (κ1) is 12.4. The average molecular weight is 235 g/mol. The van der Waals surface area contributed by atoms with Gasteiger partial charge in [0.1, 0.15) is 5.75 Å². The Bertz CT molecular complexity index is 355. The minimum Gasteiger partial charge on any atom is -0.493 e. The van der Waals surface area contributed by atoms with Crippen molar-refractivity contribution in [2.24, 2.45) is 11.1 Å². The Hall–Kier alpha value is -1.06. The molecule has 0 bridgehead atoms.